The van der Waals surface area contributed by atoms with E-state index < -0.39 is 0 Å². The van der Waals surface area contributed by atoms with Gasteiger partial charge in [-0.25, -0.2) is 4.79 Å². The van der Waals surface area contributed by atoms with Gasteiger partial charge in [-0.3, -0.25) is 9.48 Å². The second-order valence-electron chi connectivity index (χ2n) is 6.48. The third kappa shape index (κ3) is 3.58. The fourth-order valence-corrected chi connectivity index (χ4v) is 2.84. The summed E-state index contributed by atoms with van der Waals surface area (Å²) in [6.07, 6.45) is 3.99. The maximum atomic E-state index is 12.5. The maximum absolute atomic E-state index is 12.5. The largest absolute Gasteiger partial charge is 0.334 e. The highest BCUT2D eigenvalue weighted by Gasteiger charge is 2.38. The summed E-state index contributed by atoms with van der Waals surface area (Å²) in [4.78, 5) is 29.8. The summed E-state index contributed by atoms with van der Waals surface area (Å²) in [7, 11) is 3.49. The number of carbonyl (C=O) groups is 2. The van der Waals surface area contributed by atoms with E-state index in [0.29, 0.717) is 32.6 Å². The molecule has 1 aromatic heterocycles. The summed E-state index contributed by atoms with van der Waals surface area (Å²) in [5.74, 6) is 0.109. The van der Waals surface area contributed by atoms with Crippen LogP contribution in [0, 0.1) is 0 Å². The lowest BCUT2D eigenvalue weighted by molar-refractivity contribution is -0.140. The van der Waals surface area contributed by atoms with Crippen molar-refractivity contribution < 1.29 is 9.59 Å². The molecular weight excluding hydrogens is 282 g/mol. The van der Waals surface area contributed by atoms with Crippen LogP contribution in [0.25, 0.3) is 0 Å². The Balaban J connectivity index is 1.95. The van der Waals surface area contributed by atoms with E-state index in [1.807, 2.05) is 31.0 Å². The molecule has 0 saturated carbocycles. The number of urea groups is 1. The molecule has 0 aromatic carbocycles. The summed E-state index contributed by atoms with van der Waals surface area (Å²) in [5.41, 5.74) is -0.356. The van der Waals surface area contributed by atoms with Gasteiger partial charge < -0.3 is 14.7 Å². The number of amides is 3. The minimum atomic E-state index is -0.356. The number of rotatable bonds is 3. The molecular formula is C15H25N5O2. The Bertz CT molecular complexity index is 524. The highest BCUT2D eigenvalue weighted by molar-refractivity contribution is 5.78. The van der Waals surface area contributed by atoms with Gasteiger partial charge in [0.05, 0.1) is 5.54 Å². The quantitative estimate of drug-likeness (QED) is 0.833. The molecule has 1 aromatic rings. The molecule has 0 N–H and O–H groups in total. The van der Waals surface area contributed by atoms with Crippen molar-refractivity contribution in [1.82, 2.24) is 24.5 Å². The van der Waals surface area contributed by atoms with Gasteiger partial charge in [0.1, 0.15) is 0 Å². The van der Waals surface area contributed by atoms with E-state index >= 15 is 0 Å². The Morgan fingerprint density at radius 2 is 2.00 bits per heavy atom. The molecule has 7 nitrogen and oxygen atoms in total. The van der Waals surface area contributed by atoms with E-state index in [1.54, 1.807) is 34.8 Å². The zero-order chi connectivity index (χ0) is 16.3. The van der Waals surface area contributed by atoms with Crippen LogP contribution in [-0.4, -0.2) is 75.7 Å². The lowest BCUT2D eigenvalue weighted by Crippen LogP contribution is -2.63. The number of carbonyl (C=O) groups excluding carboxylic acids is 2. The van der Waals surface area contributed by atoms with Crippen molar-refractivity contribution in [3.63, 3.8) is 0 Å². The first-order chi connectivity index (χ1) is 10.3. The molecule has 1 aliphatic heterocycles. The van der Waals surface area contributed by atoms with Gasteiger partial charge in [0.2, 0.25) is 5.91 Å². The number of hydrogen-bond acceptors (Lipinski definition) is 3. The zero-order valence-corrected chi connectivity index (χ0v) is 13.8. The predicted molar refractivity (Wildman–Crippen MR) is 83.3 cm³/mol. The SMILES string of the molecule is CN(C)C(=O)N1CCN(C(=O)CCn2cccn2)C(C)(C)C1. The van der Waals surface area contributed by atoms with Crippen molar-refractivity contribution in [2.75, 3.05) is 33.7 Å². The molecule has 1 fully saturated rings. The first-order valence-electron chi connectivity index (χ1n) is 7.55. The van der Waals surface area contributed by atoms with E-state index in [-0.39, 0.29) is 17.5 Å². The molecule has 1 aliphatic rings. The Hall–Kier alpha value is -2.05. The molecule has 1 saturated heterocycles. The molecule has 122 valence electrons. The van der Waals surface area contributed by atoms with Crippen LogP contribution in [0.1, 0.15) is 20.3 Å². The number of aromatic nitrogens is 2. The van der Waals surface area contributed by atoms with Crippen molar-refractivity contribution in [2.45, 2.75) is 32.4 Å². The van der Waals surface area contributed by atoms with Gasteiger partial charge in [-0.05, 0) is 19.9 Å². The fourth-order valence-electron chi connectivity index (χ4n) is 2.84. The van der Waals surface area contributed by atoms with E-state index in [2.05, 4.69) is 5.10 Å². The van der Waals surface area contributed by atoms with Crippen LogP contribution in [-0.2, 0) is 11.3 Å². The topological polar surface area (TPSA) is 61.7 Å². The molecule has 2 heterocycles. The van der Waals surface area contributed by atoms with E-state index in [4.69, 9.17) is 0 Å². The lowest BCUT2D eigenvalue weighted by atomic mass is 9.98. The first kappa shape index (κ1) is 16.3. The third-order valence-electron chi connectivity index (χ3n) is 3.97. The van der Waals surface area contributed by atoms with Crippen LogP contribution in [0.2, 0.25) is 0 Å². The average molecular weight is 307 g/mol. The molecule has 0 bridgehead atoms. The smallest absolute Gasteiger partial charge is 0.319 e. The maximum Gasteiger partial charge on any atom is 0.319 e. The average Bonchev–Trinajstić information content (AvgIpc) is 2.96. The van der Waals surface area contributed by atoms with Gasteiger partial charge in [-0.2, -0.15) is 5.10 Å². The van der Waals surface area contributed by atoms with Crippen molar-refractivity contribution in [3.05, 3.63) is 18.5 Å². The zero-order valence-electron chi connectivity index (χ0n) is 13.8. The second-order valence-corrected chi connectivity index (χ2v) is 6.48. The third-order valence-corrected chi connectivity index (χ3v) is 3.97. The summed E-state index contributed by atoms with van der Waals surface area (Å²) < 4.78 is 1.76. The minimum absolute atomic E-state index is 0.00304. The number of aryl methyl sites for hydroxylation is 1. The number of hydrogen-bond donors (Lipinski definition) is 0. The highest BCUT2D eigenvalue weighted by Crippen LogP contribution is 2.22. The molecule has 0 spiro atoms. The predicted octanol–water partition coefficient (Wildman–Crippen LogP) is 0.878. The van der Waals surface area contributed by atoms with Crippen LogP contribution in [0.3, 0.4) is 0 Å². The van der Waals surface area contributed by atoms with Crippen LogP contribution >= 0.6 is 0 Å². The van der Waals surface area contributed by atoms with Gasteiger partial charge in [-0.15, -0.1) is 0 Å². The molecule has 22 heavy (non-hydrogen) atoms. The number of nitrogens with zero attached hydrogens (tertiary/aromatic N) is 5. The van der Waals surface area contributed by atoms with E-state index in [9.17, 15) is 9.59 Å². The molecule has 0 atom stereocenters. The molecule has 0 radical (unpaired) electrons. The monoisotopic (exact) mass is 307 g/mol. The molecule has 3 amide bonds. The molecule has 7 heteroatoms. The Morgan fingerprint density at radius 3 is 2.55 bits per heavy atom. The summed E-state index contributed by atoms with van der Waals surface area (Å²) >= 11 is 0. The number of piperazine rings is 1. The Morgan fingerprint density at radius 1 is 1.27 bits per heavy atom. The highest BCUT2D eigenvalue weighted by atomic mass is 16.2. The molecule has 0 aliphatic carbocycles. The van der Waals surface area contributed by atoms with Crippen LogP contribution in [0.5, 0.6) is 0 Å². The molecule has 0 unspecified atom stereocenters. The van der Waals surface area contributed by atoms with Gasteiger partial charge in [0.25, 0.3) is 0 Å². The van der Waals surface area contributed by atoms with Gasteiger partial charge >= 0.3 is 6.03 Å². The normalized spacial score (nSPS) is 17.5. The van der Waals surface area contributed by atoms with Crippen molar-refractivity contribution >= 4 is 11.9 Å². The van der Waals surface area contributed by atoms with Gasteiger partial charge in [0.15, 0.2) is 0 Å². The second kappa shape index (κ2) is 6.37. The van der Waals surface area contributed by atoms with Crippen molar-refractivity contribution in [1.29, 1.82) is 0 Å². The summed E-state index contributed by atoms with van der Waals surface area (Å²) in [5, 5.41) is 4.11. The Kier molecular flexibility index (Phi) is 4.73. The Labute approximate surface area is 131 Å². The van der Waals surface area contributed by atoms with Gasteiger partial charge in [0, 0.05) is 59.1 Å². The first-order valence-corrected chi connectivity index (χ1v) is 7.55. The standard InChI is InChI=1S/C15H25N5O2/c1-15(2)12-18(14(22)17(3)4)10-11-20(15)13(21)6-9-19-8-5-7-16-19/h5,7-8H,6,9-12H2,1-4H3. The lowest BCUT2D eigenvalue weighted by Gasteiger charge is -2.47. The van der Waals surface area contributed by atoms with E-state index in [0.717, 1.165) is 0 Å². The molecule has 2 rings (SSSR count). The van der Waals surface area contributed by atoms with E-state index in [1.165, 1.54) is 0 Å². The summed E-state index contributed by atoms with van der Waals surface area (Å²) in [6.45, 7) is 6.30. The van der Waals surface area contributed by atoms with Crippen molar-refractivity contribution in [2.24, 2.45) is 0 Å². The van der Waals surface area contributed by atoms with Crippen LogP contribution in [0.15, 0.2) is 18.5 Å². The van der Waals surface area contributed by atoms with Crippen LogP contribution in [0.4, 0.5) is 4.79 Å². The van der Waals surface area contributed by atoms with Gasteiger partial charge in [-0.1, -0.05) is 0 Å². The minimum Gasteiger partial charge on any atom is -0.334 e. The fraction of sp³-hybridized carbons (Fsp3) is 0.667. The summed E-state index contributed by atoms with van der Waals surface area (Å²) in [6, 6.07) is 1.84. The van der Waals surface area contributed by atoms with Crippen molar-refractivity contribution in [3.8, 4) is 0 Å². The van der Waals surface area contributed by atoms with Crippen LogP contribution < -0.4 is 0 Å².